The van der Waals surface area contributed by atoms with Gasteiger partial charge in [-0.25, -0.2) is 0 Å². The van der Waals surface area contributed by atoms with Crippen LogP contribution < -0.4 is 23.7 Å². The molecule has 0 fully saturated rings. The van der Waals surface area contributed by atoms with Gasteiger partial charge in [0, 0.05) is 32.3 Å². The van der Waals surface area contributed by atoms with Gasteiger partial charge >= 0.3 is 0 Å². The molecule has 0 amide bonds. The second-order valence-corrected chi connectivity index (χ2v) is 7.85. The highest BCUT2D eigenvalue weighted by molar-refractivity contribution is 5.64. The molecule has 7 heteroatoms. The van der Waals surface area contributed by atoms with Gasteiger partial charge in [0.05, 0.1) is 27.9 Å². The quantitative estimate of drug-likeness (QED) is 0.633. The van der Waals surface area contributed by atoms with Crippen LogP contribution >= 0.6 is 0 Å². The summed E-state index contributed by atoms with van der Waals surface area (Å²) in [5, 5.41) is 0. The monoisotopic (exact) mass is 430 g/mol. The van der Waals surface area contributed by atoms with Crippen molar-refractivity contribution in [1.29, 1.82) is 0 Å². The Hall–Kier alpha value is -2.64. The molecule has 1 aliphatic heterocycles. The maximum Gasteiger partial charge on any atom is 0.231 e. The lowest BCUT2D eigenvalue weighted by atomic mass is 9.66. The van der Waals surface area contributed by atoms with Crippen molar-refractivity contribution in [2.45, 2.75) is 12.3 Å². The molecule has 0 N–H and O–H groups in total. The molecule has 0 radical (unpaired) electrons. The minimum Gasteiger partial charge on any atom is -0.493 e. The van der Waals surface area contributed by atoms with E-state index in [9.17, 15) is 0 Å². The third-order valence-corrected chi connectivity index (χ3v) is 6.28. The van der Waals surface area contributed by atoms with E-state index in [2.05, 4.69) is 12.1 Å². The fourth-order valence-electron chi connectivity index (χ4n) is 4.99. The minimum atomic E-state index is -0.00638. The van der Waals surface area contributed by atoms with E-state index >= 15 is 0 Å². The zero-order chi connectivity index (χ0) is 22.0. The maximum absolute atomic E-state index is 5.90. The molecule has 2 aromatic rings. The van der Waals surface area contributed by atoms with Gasteiger partial charge in [-0.05, 0) is 47.6 Å². The highest BCUT2D eigenvalue weighted by Gasteiger charge is 2.42. The van der Waals surface area contributed by atoms with E-state index in [0.29, 0.717) is 30.5 Å². The molecule has 2 aromatic carbocycles. The van der Waals surface area contributed by atoms with Crippen molar-refractivity contribution in [2.24, 2.45) is 11.8 Å². The molecule has 2 aliphatic rings. The van der Waals surface area contributed by atoms with E-state index in [1.54, 1.807) is 35.5 Å². The SMILES string of the molecule is COC[C@@H]1Cc2cc3c(c(OC)c2[C@@H](c2ccc(OC)c(OC)c2)[C@@H]1COC)OCO3. The van der Waals surface area contributed by atoms with Crippen LogP contribution in [0.1, 0.15) is 22.6 Å². The van der Waals surface area contributed by atoms with E-state index in [0.717, 1.165) is 29.0 Å². The van der Waals surface area contributed by atoms with Crippen LogP contribution in [0.2, 0.25) is 0 Å². The Labute approximate surface area is 183 Å². The normalized spacial score (nSPS) is 21.5. The third-order valence-electron chi connectivity index (χ3n) is 6.28. The lowest BCUT2D eigenvalue weighted by molar-refractivity contribution is 0.0560. The van der Waals surface area contributed by atoms with Gasteiger partial charge in [0.2, 0.25) is 12.5 Å². The van der Waals surface area contributed by atoms with E-state index in [-0.39, 0.29) is 24.5 Å². The summed E-state index contributed by atoms with van der Waals surface area (Å²) in [7, 11) is 8.44. The van der Waals surface area contributed by atoms with Crippen molar-refractivity contribution in [1.82, 2.24) is 0 Å². The Balaban J connectivity index is 1.94. The van der Waals surface area contributed by atoms with Crippen LogP contribution in [-0.4, -0.2) is 55.6 Å². The third kappa shape index (κ3) is 3.77. The van der Waals surface area contributed by atoms with Crippen molar-refractivity contribution in [3.05, 3.63) is 41.0 Å². The van der Waals surface area contributed by atoms with Crippen molar-refractivity contribution >= 4 is 0 Å². The zero-order valence-corrected chi connectivity index (χ0v) is 18.7. The van der Waals surface area contributed by atoms with Crippen LogP contribution in [0.25, 0.3) is 0 Å². The molecule has 0 aromatic heterocycles. The molecule has 0 bridgehead atoms. The van der Waals surface area contributed by atoms with Crippen LogP contribution in [0, 0.1) is 11.8 Å². The Kier molecular flexibility index (Phi) is 6.43. The summed E-state index contributed by atoms with van der Waals surface area (Å²) in [5.74, 6) is 3.92. The van der Waals surface area contributed by atoms with Crippen LogP contribution in [0.3, 0.4) is 0 Å². The van der Waals surface area contributed by atoms with Gasteiger partial charge in [-0.3, -0.25) is 0 Å². The summed E-state index contributed by atoms with van der Waals surface area (Å²) >= 11 is 0. The summed E-state index contributed by atoms with van der Waals surface area (Å²) in [5.41, 5.74) is 3.38. The topological polar surface area (TPSA) is 64.6 Å². The van der Waals surface area contributed by atoms with Crippen LogP contribution in [0.15, 0.2) is 24.3 Å². The van der Waals surface area contributed by atoms with Gasteiger partial charge in [0.1, 0.15) is 0 Å². The summed E-state index contributed by atoms with van der Waals surface area (Å²) in [6.45, 7) is 1.41. The standard InChI is InChI=1S/C24H30O7/c1-25-11-16-8-15-10-20-23(31-13-30-20)24(29-5)22(15)21(17(16)12-26-2)14-6-7-18(27-3)19(9-14)28-4/h6-7,9-10,16-17,21H,8,11-13H2,1-5H3/t16-,17+,21-/m0/s1. The van der Waals surface area contributed by atoms with E-state index in [1.165, 1.54) is 5.56 Å². The maximum atomic E-state index is 5.90. The first kappa shape index (κ1) is 21.6. The Morgan fingerprint density at radius 3 is 2.32 bits per heavy atom. The fraction of sp³-hybridized carbons (Fsp3) is 0.500. The lowest BCUT2D eigenvalue weighted by Crippen LogP contribution is -2.36. The van der Waals surface area contributed by atoms with Crippen molar-refractivity contribution in [3.63, 3.8) is 0 Å². The molecule has 0 saturated carbocycles. The van der Waals surface area contributed by atoms with Gasteiger partial charge in [-0.2, -0.15) is 0 Å². The van der Waals surface area contributed by atoms with Crippen LogP contribution in [0.5, 0.6) is 28.7 Å². The molecule has 31 heavy (non-hydrogen) atoms. The van der Waals surface area contributed by atoms with E-state index in [4.69, 9.17) is 33.2 Å². The number of ether oxygens (including phenoxy) is 7. The zero-order valence-electron chi connectivity index (χ0n) is 18.7. The number of rotatable bonds is 8. The number of hydrogen-bond donors (Lipinski definition) is 0. The highest BCUT2D eigenvalue weighted by atomic mass is 16.7. The van der Waals surface area contributed by atoms with Gasteiger partial charge < -0.3 is 33.2 Å². The van der Waals surface area contributed by atoms with E-state index < -0.39 is 0 Å². The molecule has 168 valence electrons. The summed E-state index contributed by atoms with van der Waals surface area (Å²) in [4.78, 5) is 0. The average Bonchev–Trinajstić information content (AvgIpc) is 3.26. The van der Waals surface area contributed by atoms with Gasteiger partial charge in [-0.1, -0.05) is 6.07 Å². The van der Waals surface area contributed by atoms with Gasteiger partial charge in [-0.15, -0.1) is 0 Å². The Morgan fingerprint density at radius 1 is 0.871 bits per heavy atom. The summed E-state index contributed by atoms with van der Waals surface area (Å²) < 4.78 is 39.7. The minimum absolute atomic E-state index is 0.00638. The second-order valence-electron chi connectivity index (χ2n) is 7.85. The molecular weight excluding hydrogens is 400 g/mol. The van der Waals surface area contributed by atoms with Gasteiger partial charge in [0.25, 0.3) is 0 Å². The van der Waals surface area contributed by atoms with Crippen LogP contribution in [0.4, 0.5) is 0 Å². The van der Waals surface area contributed by atoms with E-state index in [1.807, 2.05) is 12.1 Å². The number of hydrogen-bond acceptors (Lipinski definition) is 7. The lowest BCUT2D eigenvalue weighted by Gasteiger charge is -2.40. The number of benzene rings is 2. The number of fused-ring (bicyclic) bond motifs is 2. The first-order valence-electron chi connectivity index (χ1n) is 10.4. The molecule has 0 spiro atoms. The summed E-state index contributed by atoms with van der Waals surface area (Å²) in [6.07, 6.45) is 0.841. The first-order chi connectivity index (χ1) is 15.2. The second kappa shape index (κ2) is 9.24. The van der Waals surface area contributed by atoms with Gasteiger partial charge in [0.15, 0.2) is 23.0 Å². The Morgan fingerprint density at radius 2 is 1.65 bits per heavy atom. The van der Waals surface area contributed by atoms with Crippen LogP contribution in [-0.2, 0) is 15.9 Å². The predicted molar refractivity (Wildman–Crippen MR) is 115 cm³/mol. The molecule has 1 heterocycles. The molecular formula is C24H30O7. The highest BCUT2D eigenvalue weighted by Crippen LogP contribution is 2.55. The average molecular weight is 430 g/mol. The Bertz CT molecular complexity index is 927. The summed E-state index contributed by atoms with van der Waals surface area (Å²) in [6, 6.07) is 8.14. The molecule has 7 nitrogen and oxygen atoms in total. The smallest absolute Gasteiger partial charge is 0.231 e. The molecule has 0 saturated heterocycles. The molecule has 3 atom stereocenters. The fourth-order valence-corrected chi connectivity index (χ4v) is 4.99. The molecule has 1 aliphatic carbocycles. The molecule has 4 rings (SSSR count). The molecule has 0 unspecified atom stereocenters. The predicted octanol–water partition coefficient (Wildman–Crippen LogP) is 3.65. The largest absolute Gasteiger partial charge is 0.493 e. The van der Waals surface area contributed by atoms with Crippen molar-refractivity contribution in [3.8, 4) is 28.7 Å². The first-order valence-corrected chi connectivity index (χ1v) is 10.4. The van der Waals surface area contributed by atoms with Crippen molar-refractivity contribution in [2.75, 3.05) is 55.6 Å². The van der Waals surface area contributed by atoms with Crippen molar-refractivity contribution < 1.29 is 33.2 Å². The number of methoxy groups -OCH3 is 5.